The highest BCUT2D eigenvalue weighted by Gasteiger charge is 2.22. The van der Waals surface area contributed by atoms with Gasteiger partial charge in [-0.15, -0.1) is 0 Å². The van der Waals surface area contributed by atoms with Gasteiger partial charge in [0, 0.05) is 6.61 Å². The van der Waals surface area contributed by atoms with Crippen LogP contribution < -0.4 is 0 Å². The van der Waals surface area contributed by atoms with Crippen molar-refractivity contribution in [1.29, 1.82) is 0 Å². The second kappa shape index (κ2) is 7.29. The van der Waals surface area contributed by atoms with E-state index in [0.717, 1.165) is 12.5 Å². The van der Waals surface area contributed by atoms with Gasteiger partial charge in [-0.1, -0.05) is 12.8 Å². The third-order valence-corrected chi connectivity index (χ3v) is 2.66. The zero-order chi connectivity index (χ0) is 12.0. The second-order valence-corrected chi connectivity index (χ2v) is 5.54. The van der Waals surface area contributed by atoms with Gasteiger partial charge in [0.05, 0.1) is 18.3 Å². The SMILES string of the molecule is CC(C)OC1CC1.CC(C)OCCC1CC1. The summed E-state index contributed by atoms with van der Waals surface area (Å²) in [6.07, 6.45) is 8.24. The van der Waals surface area contributed by atoms with Gasteiger partial charge in [-0.2, -0.15) is 0 Å². The van der Waals surface area contributed by atoms with Crippen LogP contribution in [0.25, 0.3) is 0 Å². The highest BCUT2D eigenvalue weighted by Crippen LogP contribution is 2.32. The van der Waals surface area contributed by atoms with Crippen molar-refractivity contribution in [2.24, 2.45) is 5.92 Å². The molecule has 0 aromatic carbocycles. The molecule has 0 aliphatic heterocycles. The minimum absolute atomic E-state index is 0.420. The van der Waals surface area contributed by atoms with Crippen molar-refractivity contribution >= 4 is 0 Å². The summed E-state index contributed by atoms with van der Waals surface area (Å²) >= 11 is 0. The summed E-state index contributed by atoms with van der Waals surface area (Å²) in [5.41, 5.74) is 0. The molecule has 0 radical (unpaired) electrons. The molecule has 2 rings (SSSR count). The topological polar surface area (TPSA) is 18.5 Å². The molecule has 0 heterocycles. The van der Waals surface area contributed by atoms with Gasteiger partial charge in [0.1, 0.15) is 0 Å². The zero-order valence-corrected chi connectivity index (χ0v) is 11.4. The Bertz CT molecular complexity index is 168. The first-order valence-electron chi connectivity index (χ1n) is 6.85. The van der Waals surface area contributed by atoms with Gasteiger partial charge in [-0.25, -0.2) is 0 Å². The lowest BCUT2D eigenvalue weighted by Crippen LogP contribution is -2.03. The van der Waals surface area contributed by atoms with Crippen LogP contribution in [0.4, 0.5) is 0 Å². The minimum atomic E-state index is 0.420. The summed E-state index contributed by atoms with van der Waals surface area (Å²) in [6.45, 7) is 9.32. The molecule has 0 atom stereocenters. The fourth-order valence-corrected chi connectivity index (χ4v) is 1.47. The molecule has 0 unspecified atom stereocenters. The van der Waals surface area contributed by atoms with Gasteiger partial charge in [-0.05, 0) is 52.9 Å². The molecule has 16 heavy (non-hydrogen) atoms. The average molecular weight is 228 g/mol. The van der Waals surface area contributed by atoms with E-state index < -0.39 is 0 Å². The largest absolute Gasteiger partial charge is 0.379 e. The Morgan fingerprint density at radius 3 is 1.88 bits per heavy atom. The van der Waals surface area contributed by atoms with Crippen molar-refractivity contribution in [3.63, 3.8) is 0 Å². The second-order valence-electron chi connectivity index (χ2n) is 5.54. The van der Waals surface area contributed by atoms with E-state index in [1.165, 1.54) is 32.1 Å². The quantitative estimate of drug-likeness (QED) is 0.688. The summed E-state index contributed by atoms with van der Waals surface area (Å²) in [6, 6.07) is 0. The predicted octanol–water partition coefficient (Wildman–Crippen LogP) is 3.79. The highest BCUT2D eigenvalue weighted by atomic mass is 16.5. The molecule has 2 aliphatic rings. The summed E-state index contributed by atoms with van der Waals surface area (Å²) in [4.78, 5) is 0. The first-order valence-corrected chi connectivity index (χ1v) is 6.85. The van der Waals surface area contributed by atoms with Crippen LogP contribution >= 0.6 is 0 Å². The summed E-state index contributed by atoms with van der Waals surface area (Å²) in [5, 5.41) is 0. The lowest BCUT2D eigenvalue weighted by Gasteiger charge is -2.05. The van der Waals surface area contributed by atoms with E-state index in [1.807, 2.05) is 0 Å². The van der Waals surface area contributed by atoms with Crippen LogP contribution in [-0.2, 0) is 9.47 Å². The average Bonchev–Trinajstić information content (AvgIpc) is 2.97. The van der Waals surface area contributed by atoms with E-state index in [-0.39, 0.29) is 0 Å². The molecule has 0 spiro atoms. The van der Waals surface area contributed by atoms with Crippen LogP contribution in [-0.4, -0.2) is 24.9 Å². The molecule has 0 aromatic rings. The van der Waals surface area contributed by atoms with Gasteiger partial charge in [-0.3, -0.25) is 0 Å². The van der Waals surface area contributed by atoms with Crippen molar-refractivity contribution < 1.29 is 9.47 Å². The number of hydrogen-bond acceptors (Lipinski definition) is 2. The fraction of sp³-hybridized carbons (Fsp3) is 1.00. The van der Waals surface area contributed by atoms with Crippen molar-refractivity contribution in [3.05, 3.63) is 0 Å². The van der Waals surface area contributed by atoms with Gasteiger partial charge < -0.3 is 9.47 Å². The molecule has 2 aliphatic carbocycles. The molecule has 0 saturated heterocycles. The van der Waals surface area contributed by atoms with E-state index in [2.05, 4.69) is 27.7 Å². The minimum Gasteiger partial charge on any atom is -0.379 e. The highest BCUT2D eigenvalue weighted by molar-refractivity contribution is 4.73. The normalized spacial score (nSPS) is 19.9. The Kier molecular flexibility index (Phi) is 6.37. The van der Waals surface area contributed by atoms with Crippen molar-refractivity contribution in [2.75, 3.05) is 6.61 Å². The Hall–Kier alpha value is -0.0800. The maximum absolute atomic E-state index is 5.39. The van der Waals surface area contributed by atoms with Crippen LogP contribution in [0, 0.1) is 5.92 Å². The van der Waals surface area contributed by atoms with E-state index >= 15 is 0 Å². The standard InChI is InChI=1S/C8H16O.C6H12O/c1-7(2)9-6-5-8-3-4-8;1-5(2)7-6-3-4-6/h7-8H,3-6H2,1-2H3;5-6H,3-4H2,1-2H3. The summed E-state index contributed by atoms with van der Waals surface area (Å²) in [7, 11) is 0. The van der Waals surface area contributed by atoms with Crippen LogP contribution in [0.1, 0.15) is 59.8 Å². The molecule has 2 fully saturated rings. The number of rotatable bonds is 6. The molecular weight excluding hydrogens is 200 g/mol. The molecule has 2 nitrogen and oxygen atoms in total. The van der Waals surface area contributed by atoms with E-state index in [9.17, 15) is 0 Å². The van der Waals surface area contributed by atoms with Crippen molar-refractivity contribution in [1.82, 2.24) is 0 Å². The third-order valence-electron chi connectivity index (χ3n) is 2.66. The van der Waals surface area contributed by atoms with Gasteiger partial charge in [0.2, 0.25) is 0 Å². The molecule has 0 aromatic heterocycles. The van der Waals surface area contributed by atoms with Crippen molar-refractivity contribution in [2.45, 2.75) is 78.1 Å². The van der Waals surface area contributed by atoms with E-state index in [4.69, 9.17) is 9.47 Å². The van der Waals surface area contributed by atoms with Crippen LogP contribution in [0.15, 0.2) is 0 Å². The molecule has 96 valence electrons. The summed E-state index contributed by atoms with van der Waals surface area (Å²) < 4.78 is 10.8. The van der Waals surface area contributed by atoms with E-state index in [0.29, 0.717) is 18.3 Å². The smallest absolute Gasteiger partial charge is 0.0580 e. The molecular formula is C14H28O2. The predicted molar refractivity (Wildman–Crippen MR) is 67.7 cm³/mol. The molecule has 2 heteroatoms. The number of ether oxygens (including phenoxy) is 2. The Balaban J connectivity index is 0.000000165. The third kappa shape index (κ3) is 9.17. The van der Waals surface area contributed by atoms with Gasteiger partial charge in [0.15, 0.2) is 0 Å². The zero-order valence-electron chi connectivity index (χ0n) is 11.4. The monoisotopic (exact) mass is 228 g/mol. The van der Waals surface area contributed by atoms with Crippen molar-refractivity contribution in [3.8, 4) is 0 Å². The van der Waals surface area contributed by atoms with Gasteiger partial charge in [0.25, 0.3) is 0 Å². The lowest BCUT2D eigenvalue weighted by atomic mass is 10.3. The Morgan fingerprint density at radius 2 is 1.56 bits per heavy atom. The first-order chi connectivity index (χ1) is 7.58. The van der Waals surface area contributed by atoms with Gasteiger partial charge >= 0.3 is 0 Å². The fourth-order valence-electron chi connectivity index (χ4n) is 1.47. The Morgan fingerprint density at radius 1 is 0.938 bits per heavy atom. The molecule has 0 amide bonds. The van der Waals surface area contributed by atoms with Crippen LogP contribution in [0.5, 0.6) is 0 Å². The molecule has 0 bridgehead atoms. The maximum Gasteiger partial charge on any atom is 0.0580 e. The van der Waals surface area contributed by atoms with E-state index in [1.54, 1.807) is 0 Å². The molecule has 2 saturated carbocycles. The van der Waals surface area contributed by atoms with Crippen LogP contribution in [0.3, 0.4) is 0 Å². The first kappa shape index (κ1) is 14.0. The Labute approximate surface area is 101 Å². The number of hydrogen-bond donors (Lipinski definition) is 0. The molecule has 0 N–H and O–H groups in total. The summed E-state index contributed by atoms with van der Waals surface area (Å²) in [5.74, 6) is 1.02. The van der Waals surface area contributed by atoms with Crippen LogP contribution in [0.2, 0.25) is 0 Å². The lowest BCUT2D eigenvalue weighted by molar-refractivity contribution is 0.0650. The maximum atomic E-state index is 5.39.